The Hall–Kier alpha value is -1.36. The first-order valence-electron chi connectivity index (χ1n) is 13.1. The highest BCUT2D eigenvalue weighted by atomic mass is 16.5. The Morgan fingerprint density at radius 1 is 1.09 bits per heavy atom. The Balaban J connectivity index is 1.48. The molecule has 0 heterocycles. The summed E-state index contributed by atoms with van der Waals surface area (Å²) < 4.78 is 5.28. The first-order valence-corrected chi connectivity index (χ1v) is 13.1. The van der Waals surface area contributed by atoms with Gasteiger partial charge in [-0.2, -0.15) is 0 Å². The van der Waals surface area contributed by atoms with Gasteiger partial charge in [0, 0.05) is 6.61 Å². The summed E-state index contributed by atoms with van der Waals surface area (Å²) in [5.41, 5.74) is 3.15. The Morgan fingerprint density at radius 2 is 1.85 bits per heavy atom. The van der Waals surface area contributed by atoms with Crippen molar-refractivity contribution in [2.45, 2.75) is 71.3 Å². The molecular weight excluding hydrogens is 410 g/mol. The van der Waals surface area contributed by atoms with Crippen LogP contribution < -0.4 is 10.1 Å². The molecule has 0 radical (unpaired) electrons. The van der Waals surface area contributed by atoms with E-state index in [1.165, 1.54) is 30.4 Å². The van der Waals surface area contributed by atoms with Crippen molar-refractivity contribution in [3.05, 3.63) is 42.0 Å². The number of rotatable bonds is 8. The summed E-state index contributed by atoms with van der Waals surface area (Å²) in [6.07, 6.45) is 8.24. The fourth-order valence-electron chi connectivity index (χ4n) is 7.76. The van der Waals surface area contributed by atoms with Crippen LogP contribution in [0.4, 0.5) is 0 Å². The summed E-state index contributed by atoms with van der Waals surface area (Å²) in [6, 6.07) is 8.38. The monoisotopic (exact) mass is 455 g/mol. The average Bonchev–Trinajstić information content (AvgIpc) is 3.13. The van der Waals surface area contributed by atoms with Crippen LogP contribution in [0.1, 0.15) is 64.4 Å². The molecule has 7 atom stereocenters. The average molecular weight is 456 g/mol. The van der Waals surface area contributed by atoms with Crippen LogP contribution in [0.5, 0.6) is 5.75 Å². The third-order valence-corrected chi connectivity index (χ3v) is 10.1. The van der Waals surface area contributed by atoms with Crippen molar-refractivity contribution < 1.29 is 14.9 Å². The zero-order valence-electron chi connectivity index (χ0n) is 21.0. The molecule has 184 valence electrons. The molecule has 3 aliphatic carbocycles. The molecule has 4 heteroatoms. The van der Waals surface area contributed by atoms with Gasteiger partial charge >= 0.3 is 0 Å². The number of nitrogens with one attached hydrogen (secondary N) is 1. The minimum atomic E-state index is -0.253. The molecule has 4 rings (SSSR count). The number of methoxy groups -OCH3 is 1. The smallest absolute Gasteiger partial charge is 0.118 e. The van der Waals surface area contributed by atoms with E-state index in [0.29, 0.717) is 17.8 Å². The van der Waals surface area contributed by atoms with E-state index in [1.54, 1.807) is 7.11 Å². The number of ether oxygens (including phenoxy) is 1. The first kappa shape index (κ1) is 24.8. The van der Waals surface area contributed by atoms with Crippen LogP contribution in [0.25, 0.3) is 0 Å². The SMILES string of the molecule is C=C1CC[C@H]2[C@H](CNCCc3ccc(OC)cc3)[C@@H]([C@@]3(C)CC[C@H](O)C[C@@H]3CO)CC[C@]12C. The Labute approximate surface area is 200 Å². The molecule has 0 spiro atoms. The van der Waals surface area contributed by atoms with E-state index in [2.05, 4.69) is 37.9 Å². The summed E-state index contributed by atoms with van der Waals surface area (Å²) in [5, 5.41) is 24.4. The molecule has 4 nitrogen and oxygen atoms in total. The molecule has 0 bridgehead atoms. The minimum absolute atomic E-state index is 0.0988. The molecule has 33 heavy (non-hydrogen) atoms. The maximum absolute atomic E-state index is 10.3. The standard InChI is InChI=1S/C29H45NO3/c1-20-5-10-26-25(18-30-16-13-21-6-8-24(33-4)9-7-21)27(12-15-28(20,26)2)29(3)14-11-23(32)17-22(29)19-31/h6-9,22-23,25-27,30-32H,1,5,10-19H2,2-4H3/t22-,23+,25+,26+,27+,28-,29+/m1/s1. The highest BCUT2D eigenvalue weighted by Crippen LogP contribution is 2.63. The van der Waals surface area contributed by atoms with E-state index in [9.17, 15) is 10.2 Å². The number of fused-ring (bicyclic) bond motifs is 1. The van der Waals surface area contributed by atoms with E-state index >= 15 is 0 Å². The number of allylic oxidation sites excluding steroid dienone is 1. The second-order valence-corrected chi connectivity index (χ2v) is 11.6. The fourth-order valence-corrected chi connectivity index (χ4v) is 7.76. The molecule has 3 fully saturated rings. The molecule has 0 aromatic heterocycles. The molecule has 1 aromatic carbocycles. The lowest BCUT2D eigenvalue weighted by Gasteiger charge is -2.56. The van der Waals surface area contributed by atoms with Crippen LogP contribution >= 0.6 is 0 Å². The molecule has 0 unspecified atom stereocenters. The van der Waals surface area contributed by atoms with Gasteiger partial charge in [-0.15, -0.1) is 0 Å². The van der Waals surface area contributed by atoms with Crippen molar-refractivity contribution in [3.8, 4) is 5.75 Å². The number of aliphatic hydroxyl groups is 2. The van der Waals surface area contributed by atoms with Gasteiger partial charge < -0.3 is 20.3 Å². The van der Waals surface area contributed by atoms with Crippen molar-refractivity contribution in [3.63, 3.8) is 0 Å². The molecule has 3 N–H and O–H groups in total. The van der Waals surface area contributed by atoms with E-state index < -0.39 is 0 Å². The maximum Gasteiger partial charge on any atom is 0.118 e. The van der Waals surface area contributed by atoms with E-state index in [-0.39, 0.29) is 29.5 Å². The summed E-state index contributed by atoms with van der Waals surface area (Å²) in [6.45, 7) is 11.6. The van der Waals surface area contributed by atoms with Crippen LogP contribution in [-0.4, -0.2) is 43.1 Å². The highest BCUT2D eigenvalue weighted by molar-refractivity contribution is 5.27. The van der Waals surface area contributed by atoms with Crippen LogP contribution in [0.15, 0.2) is 36.4 Å². The van der Waals surface area contributed by atoms with E-state index in [1.807, 2.05) is 12.1 Å². The second kappa shape index (κ2) is 10.1. The van der Waals surface area contributed by atoms with Gasteiger partial charge in [-0.1, -0.05) is 38.1 Å². The van der Waals surface area contributed by atoms with Gasteiger partial charge in [-0.25, -0.2) is 0 Å². The molecule has 1 aromatic rings. The van der Waals surface area contributed by atoms with E-state index in [4.69, 9.17) is 4.74 Å². The normalized spacial score (nSPS) is 38.8. The van der Waals surface area contributed by atoms with Gasteiger partial charge in [0.25, 0.3) is 0 Å². The Morgan fingerprint density at radius 3 is 2.55 bits per heavy atom. The predicted octanol–water partition coefficient (Wildman–Crippen LogP) is 4.99. The van der Waals surface area contributed by atoms with Gasteiger partial charge in [0.1, 0.15) is 5.75 Å². The number of hydrogen-bond donors (Lipinski definition) is 3. The largest absolute Gasteiger partial charge is 0.497 e. The van der Waals surface area contributed by atoms with Gasteiger partial charge in [-0.05, 0) is 117 Å². The molecular formula is C29H45NO3. The predicted molar refractivity (Wildman–Crippen MR) is 134 cm³/mol. The third kappa shape index (κ3) is 4.76. The number of benzene rings is 1. The lowest BCUT2D eigenvalue weighted by atomic mass is 9.49. The lowest BCUT2D eigenvalue weighted by molar-refractivity contribution is -0.0932. The highest BCUT2D eigenvalue weighted by Gasteiger charge is 2.56. The molecule has 3 aliphatic rings. The van der Waals surface area contributed by atoms with E-state index in [0.717, 1.165) is 50.9 Å². The van der Waals surface area contributed by atoms with Crippen molar-refractivity contribution in [2.75, 3.05) is 26.8 Å². The van der Waals surface area contributed by atoms with Gasteiger partial charge in [0.05, 0.1) is 13.2 Å². The summed E-state index contributed by atoms with van der Waals surface area (Å²) >= 11 is 0. The Kier molecular flexibility index (Phi) is 7.57. The van der Waals surface area contributed by atoms with Gasteiger partial charge in [-0.3, -0.25) is 0 Å². The van der Waals surface area contributed by atoms with Crippen molar-refractivity contribution in [1.82, 2.24) is 5.32 Å². The topological polar surface area (TPSA) is 61.7 Å². The Bertz CT molecular complexity index is 808. The summed E-state index contributed by atoms with van der Waals surface area (Å²) in [4.78, 5) is 0. The fraction of sp³-hybridized carbons (Fsp3) is 0.724. The molecule has 0 aliphatic heterocycles. The van der Waals surface area contributed by atoms with Gasteiger partial charge in [0.2, 0.25) is 0 Å². The number of aliphatic hydroxyl groups excluding tert-OH is 2. The zero-order valence-corrected chi connectivity index (χ0v) is 21.0. The first-order chi connectivity index (χ1) is 15.8. The van der Waals surface area contributed by atoms with Gasteiger partial charge in [0.15, 0.2) is 0 Å². The molecule has 0 amide bonds. The van der Waals surface area contributed by atoms with Crippen molar-refractivity contribution in [1.29, 1.82) is 0 Å². The molecule has 0 saturated heterocycles. The lowest BCUT2D eigenvalue weighted by Crippen LogP contribution is -2.53. The maximum atomic E-state index is 10.3. The van der Waals surface area contributed by atoms with Crippen LogP contribution in [-0.2, 0) is 6.42 Å². The van der Waals surface area contributed by atoms with Crippen molar-refractivity contribution >= 4 is 0 Å². The van der Waals surface area contributed by atoms with Crippen LogP contribution in [0, 0.1) is 34.5 Å². The van der Waals surface area contributed by atoms with Crippen molar-refractivity contribution in [2.24, 2.45) is 34.5 Å². The molecule has 3 saturated carbocycles. The number of hydrogen-bond acceptors (Lipinski definition) is 4. The summed E-state index contributed by atoms with van der Waals surface area (Å²) in [7, 11) is 1.71. The second-order valence-electron chi connectivity index (χ2n) is 11.6. The van der Waals surface area contributed by atoms with Crippen LogP contribution in [0.3, 0.4) is 0 Å². The van der Waals surface area contributed by atoms with Crippen LogP contribution in [0.2, 0.25) is 0 Å². The summed E-state index contributed by atoms with van der Waals surface area (Å²) in [5.74, 6) is 2.94. The quantitative estimate of drug-likeness (QED) is 0.382. The third-order valence-electron chi connectivity index (χ3n) is 10.1. The zero-order chi connectivity index (χ0) is 23.6. The minimum Gasteiger partial charge on any atom is -0.497 e.